The molecule has 0 spiro atoms. The third kappa shape index (κ3) is 67.3. The van der Waals surface area contributed by atoms with E-state index in [0.29, 0.717) is 25.9 Å². The molecule has 0 aliphatic rings. The number of carbonyl (C=O) groups excluding carboxylic acids is 2. The van der Waals surface area contributed by atoms with Crippen molar-refractivity contribution >= 4 is 11.9 Å². The first-order valence-corrected chi connectivity index (χ1v) is 37.1. The number of carbonyl (C=O) groups is 2. The van der Waals surface area contributed by atoms with Gasteiger partial charge >= 0.3 is 5.97 Å². The Labute approximate surface area is 507 Å². The van der Waals surface area contributed by atoms with E-state index in [9.17, 15) is 19.8 Å². The maximum Gasteiger partial charge on any atom is 0.305 e. The first-order valence-electron chi connectivity index (χ1n) is 37.1. The minimum Gasteiger partial charge on any atom is -0.466 e. The molecule has 3 N–H and O–H groups in total. The number of amides is 1. The van der Waals surface area contributed by atoms with Crippen molar-refractivity contribution in [2.75, 3.05) is 13.2 Å². The molecule has 0 aromatic rings. The van der Waals surface area contributed by atoms with E-state index in [1.807, 2.05) is 0 Å². The van der Waals surface area contributed by atoms with Crippen molar-refractivity contribution in [1.82, 2.24) is 5.32 Å². The van der Waals surface area contributed by atoms with Gasteiger partial charge in [0.1, 0.15) is 0 Å². The second-order valence-electron chi connectivity index (χ2n) is 25.6. The lowest BCUT2D eigenvalue weighted by atomic mass is 10.0. The number of allylic oxidation sites excluding steroid dienone is 4. The molecule has 0 rings (SSSR count). The van der Waals surface area contributed by atoms with Crippen molar-refractivity contribution in [2.24, 2.45) is 0 Å². The molecular weight excluding hydrogens is 995 g/mol. The summed E-state index contributed by atoms with van der Waals surface area (Å²) < 4.78 is 5.49. The fourth-order valence-corrected chi connectivity index (χ4v) is 11.9. The summed E-state index contributed by atoms with van der Waals surface area (Å²) >= 11 is 0. The second-order valence-corrected chi connectivity index (χ2v) is 25.6. The molecule has 0 bridgehead atoms. The van der Waals surface area contributed by atoms with Gasteiger partial charge in [-0.2, -0.15) is 0 Å². The number of rotatable bonds is 70. The monoisotopic (exact) mass is 1140 g/mol. The Morgan fingerprint density at radius 1 is 0.346 bits per heavy atom. The van der Waals surface area contributed by atoms with Crippen LogP contribution in [-0.2, 0) is 14.3 Å². The quantitative estimate of drug-likeness (QED) is 0.0320. The summed E-state index contributed by atoms with van der Waals surface area (Å²) in [6.45, 7) is 4.97. The first kappa shape index (κ1) is 79.3. The van der Waals surface area contributed by atoms with Crippen LogP contribution in [-0.4, -0.2) is 47.4 Å². The largest absolute Gasteiger partial charge is 0.466 e. The molecule has 0 fully saturated rings. The zero-order valence-electron chi connectivity index (χ0n) is 55.0. The number of unbranched alkanes of at least 4 members (excludes halogenated alkanes) is 55. The van der Waals surface area contributed by atoms with Gasteiger partial charge < -0.3 is 20.3 Å². The van der Waals surface area contributed by atoms with Gasteiger partial charge in [0, 0.05) is 12.8 Å². The molecule has 2 atom stereocenters. The Hall–Kier alpha value is -1.66. The molecule has 0 aliphatic carbocycles. The normalized spacial score (nSPS) is 12.6. The SMILES string of the molecule is CCCCC/C=C\C/C=C\CCCCCCCC(=O)OCCCCCCCCCCCCCCCCCCCCCCCCCCCCCC(=O)NC(CO)C(O)CCCCCCCCCCCCCCCCCCCCCCCC. The van der Waals surface area contributed by atoms with Crippen LogP contribution in [0.2, 0.25) is 0 Å². The van der Waals surface area contributed by atoms with Crippen molar-refractivity contribution in [3.63, 3.8) is 0 Å². The molecule has 0 aliphatic heterocycles. The van der Waals surface area contributed by atoms with Gasteiger partial charge in [-0.05, 0) is 57.8 Å². The molecule has 6 heteroatoms. The molecule has 0 aromatic heterocycles. The highest BCUT2D eigenvalue weighted by molar-refractivity contribution is 5.76. The van der Waals surface area contributed by atoms with Crippen LogP contribution < -0.4 is 5.32 Å². The number of ether oxygens (including phenoxy) is 1. The molecule has 81 heavy (non-hydrogen) atoms. The Kier molecular flexibility index (Phi) is 69.4. The minimum atomic E-state index is -0.664. The van der Waals surface area contributed by atoms with Crippen molar-refractivity contribution in [3.8, 4) is 0 Å². The lowest BCUT2D eigenvalue weighted by Gasteiger charge is -2.22. The zero-order valence-corrected chi connectivity index (χ0v) is 55.0. The molecule has 6 nitrogen and oxygen atoms in total. The van der Waals surface area contributed by atoms with Crippen LogP contribution in [0.4, 0.5) is 0 Å². The molecule has 2 unspecified atom stereocenters. The predicted molar refractivity (Wildman–Crippen MR) is 356 cm³/mol. The van der Waals surface area contributed by atoms with Gasteiger partial charge in [0.25, 0.3) is 0 Å². The Bertz CT molecular complexity index is 1270. The highest BCUT2D eigenvalue weighted by atomic mass is 16.5. The van der Waals surface area contributed by atoms with Crippen molar-refractivity contribution < 1.29 is 24.5 Å². The fraction of sp³-hybridized carbons (Fsp3) is 0.920. The summed E-state index contributed by atoms with van der Waals surface area (Å²) in [6, 6.07) is -0.540. The van der Waals surface area contributed by atoms with Crippen LogP contribution in [0.25, 0.3) is 0 Å². The molecule has 1 amide bonds. The highest BCUT2D eigenvalue weighted by Crippen LogP contribution is 2.20. The average molecular weight is 1140 g/mol. The van der Waals surface area contributed by atoms with Gasteiger partial charge in [0.2, 0.25) is 5.91 Å². The number of aliphatic hydroxyl groups excluding tert-OH is 2. The van der Waals surface area contributed by atoms with E-state index in [1.165, 1.54) is 334 Å². The topological polar surface area (TPSA) is 95.9 Å². The van der Waals surface area contributed by atoms with Crippen LogP contribution in [0, 0.1) is 0 Å². The Morgan fingerprint density at radius 3 is 0.963 bits per heavy atom. The summed E-state index contributed by atoms with van der Waals surface area (Å²) in [5, 5.41) is 23.4. The maximum atomic E-state index is 12.6. The van der Waals surface area contributed by atoms with Gasteiger partial charge in [-0.1, -0.05) is 372 Å². The van der Waals surface area contributed by atoms with Crippen molar-refractivity contribution in [1.29, 1.82) is 0 Å². The summed E-state index contributed by atoms with van der Waals surface area (Å²) in [5.41, 5.74) is 0. The van der Waals surface area contributed by atoms with Gasteiger partial charge in [0.15, 0.2) is 0 Å². The smallest absolute Gasteiger partial charge is 0.305 e. The van der Waals surface area contributed by atoms with E-state index in [2.05, 4.69) is 43.5 Å². The van der Waals surface area contributed by atoms with Gasteiger partial charge in [-0.3, -0.25) is 9.59 Å². The van der Waals surface area contributed by atoms with E-state index in [0.717, 1.165) is 51.4 Å². The number of hydrogen-bond donors (Lipinski definition) is 3. The third-order valence-electron chi connectivity index (χ3n) is 17.5. The average Bonchev–Trinajstić information content (AvgIpc) is 3.47. The molecule has 0 saturated heterocycles. The van der Waals surface area contributed by atoms with Gasteiger partial charge in [0.05, 0.1) is 25.4 Å². The number of aliphatic hydroxyl groups is 2. The Balaban J connectivity index is 3.35. The minimum absolute atomic E-state index is 0.00496. The van der Waals surface area contributed by atoms with Crippen LogP contribution in [0.5, 0.6) is 0 Å². The summed E-state index contributed by atoms with van der Waals surface area (Å²) in [4.78, 5) is 24.6. The van der Waals surface area contributed by atoms with Gasteiger partial charge in [-0.25, -0.2) is 0 Å². The second kappa shape index (κ2) is 70.8. The van der Waals surface area contributed by atoms with Crippen LogP contribution in [0.3, 0.4) is 0 Å². The lowest BCUT2D eigenvalue weighted by molar-refractivity contribution is -0.143. The maximum absolute atomic E-state index is 12.6. The van der Waals surface area contributed by atoms with Crippen LogP contribution in [0.1, 0.15) is 418 Å². The van der Waals surface area contributed by atoms with E-state index < -0.39 is 12.1 Å². The molecular formula is C75H145NO5. The van der Waals surface area contributed by atoms with Crippen LogP contribution >= 0.6 is 0 Å². The van der Waals surface area contributed by atoms with Crippen molar-refractivity contribution in [3.05, 3.63) is 24.3 Å². The molecule has 480 valence electrons. The highest BCUT2D eigenvalue weighted by Gasteiger charge is 2.20. The third-order valence-corrected chi connectivity index (χ3v) is 17.5. The van der Waals surface area contributed by atoms with Gasteiger partial charge in [-0.15, -0.1) is 0 Å². The fourth-order valence-electron chi connectivity index (χ4n) is 11.9. The molecule has 0 aromatic carbocycles. The summed E-state index contributed by atoms with van der Waals surface area (Å²) in [5.74, 6) is -0.0224. The van der Waals surface area contributed by atoms with Crippen molar-refractivity contribution in [2.45, 2.75) is 431 Å². The molecule has 0 saturated carbocycles. The number of nitrogens with one attached hydrogen (secondary N) is 1. The van der Waals surface area contributed by atoms with Crippen LogP contribution in [0.15, 0.2) is 24.3 Å². The van der Waals surface area contributed by atoms with E-state index >= 15 is 0 Å². The molecule has 0 radical (unpaired) electrons. The number of esters is 1. The predicted octanol–water partition coefficient (Wildman–Crippen LogP) is 24.1. The standard InChI is InChI=1S/C75H145NO5/c1-3-5-7-9-11-13-15-17-19-20-21-22-30-33-36-40-43-47-51-55-59-63-67-73(78)72(71-77)76-74(79)68-64-60-56-52-48-44-41-37-34-31-28-26-24-23-25-27-29-32-35-38-42-46-50-54-58-62-66-70-81-75(80)69-65-61-57-53-49-45-39-18-16-14-12-10-8-6-4-2/h12,14,18,39,72-73,77-78H,3-11,13,15-17,19-38,40-71H2,1-2H3,(H,76,79)/b14-12-,39-18-. The number of hydrogen-bond acceptors (Lipinski definition) is 5. The van der Waals surface area contributed by atoms with E-state index in [4.69, 9.17) is 4.74 Å². The first-order chi connectivity index (χ1) is 40.0. The molecule has 0 heterocycles. The summed E-state index contributed by atoms with van der Waals surface area (Å²) in [7, 11) is 0. The van der Waals surface area contributed by atoms with E-state index in [1.54, 1.807) is 0 Å². The Morgan fingerprint density at radius 2 is 0.617 bits per heavy atom. The summed E-state index contributed by atoms with van der Waals surface area (Å²) in [6.07, 6.45) is 89.5. The lowest BCUT2D eigenvalue weighted by Crippen LogP contribution is -2.45. The van der Waals surface area contributed by atoms with E-state index in [-0.39, 0.29) is 18.5 Å². The zero-order chi connectivity index (χ0) is 58.5.